The van der Waals surface area contributed by atoms with Crippen molar-refractivity contribution in [3.8, 4) is 11.5 Å². The maximum absolute atomic E-state index is 12.4. The van der Waals surface area contributed by atoms with Crippen molar-refractivity contribution in [1.29, 1.82) is 0 Å². The highest BCUT2D eigenvalue weighted by molar-refractivity contribution is 7.99. The first-order valence-electron chi connectivity index (χ1n) is 10.1. The summed E-state index contributed by atoms with van der Waals surface area (Å²) in [4.78, 5) is 24.6. The van der Waals surface area contributed by atoms with E-state index in [1.807, 2.05) is 7.05 Å². The Labute approximate surface area is 178 Å². The number of amides is 2. The quantitative estimate of drug-likeness (QED) is 0.646. The summed E-state index contributed by atoms with van der Waals surface area (Å²) in [5, 5.41) is 14.8. The van der Waals surface area contributed by atoms with E-state index in [0.717, 1.165) is 12.8 Å². The predicted octanol–water partition coefficient (Wildman–Crippen LogP) is 2.01. The second-order valence-corrected chi connectivity index (χ2v) is 8.34. The van der Waals surface area contributed by atoms with Crippen LogP contribution in [0.4, 0.5) is 0 Å². The van der Waals surface area contributed by atoms with Crippen LogP contribution in [0.2, 0.25) is 0 Å². The standard InChI is InChI=1S/C20H25N5O4S/c1-25-17(10-21-19(27)13-7-8-15-16(9-13)29-12-28-15)23-24-20(25)30-11-18(26)22-14-5-3-2-4-6-14/h7-9,14H,2-6,10-12H2,1H3,(H,21,27)(H,22,26). The topological polar surface area (TPSA) is 107 Å². The van der Waals surface area contributed by atoms with Crippen LogP contribution in [0.1, 0.15) is 48.3 Å². The number of fused-ring (bicyclic) bond motifs is 1. The fourth-order valence-corrected chi connectivity index (χ4v) is 4.31. The number of nitrogens with zero attached hydrogens (tertiary/aromatic N) is 3. The summed E-state index contributed by atoms with van der Waals surface area (Å²) in [6.45, 7) is 0.393. The summed E-state index contributed by atoms with van der Waals surface area (Å²) in [6.07, 6.45) is 5.75. The van der Waals surface area contributed by atoms with Crippen LogP contribution in [0, 0.1) is 0 Å². The fraction of sp³-hybridized carbons (Fsp3) is 0.500. The zero-order valence-electron chi connectivity index (χ0n) is 16.8. The molecule has 30 heavy (non-hydrogen) atoms. The molecule has 1 saturated carbocycles. The SMILES string of the molecule is Cn1c(CNC(=O)c2ccc3c(c2)OCO3)nnc1SCC(=O)NC1CCCCC1. The van der Waals surface area contributed by atoms with Gasteiger partial charge in [-0.2, -0.15) is 0 Å². The molecule has 0 unspecified atom stereocenters. The van der Waals surface area contributed by atoms with E-state index < -0.39 is 0 Å². The van der Waals surface area contributed by atoms with Gasteiger partial charge in [0.2, 0.25) is 12.7 Å². The van der Waals surface area contributed by atoms with E-state index in [0.29, 0.717) is 39.8 Å². The second-order valence-electron chi connectivity index (χ2n) is 7.40. The molecule has 4 rings (SSSR count). The molecule has 2 aromatic rings. The Morgan fingerprint density at radius 3 is 2.80 bits per heavy atom. The molecular weight excluding hydrogens is 406 g/mol. The molecule has 2 N–H and O–H groups in total. The Morgan fingerprint density at radius 2 is 1.97 bits per heavy atom. The number of thioether (sulfide) groups is 1. The molecule has 0 bridgehead atoms. The normalized spacial score (nSPS) is 15.8. The highest BCUT2D eigenvalue weighted by atomic mass is 32.2. The maximum Gasteiger partial charge on any atom is 0.251 e. The largest absolute Gasteiger partial charge is 0.454 e. The van der Waals surface area contributed by atoms with E-state index in [1.165, 1.54) is 31.0 Å². The molecule has 1 aromatic heterocycles. The Kier molecular flexibility index (Phi) is 6.41. The lowest BCUT2D eigenvalue weighted by Crippen LogP contribution is -2.37. The number of carbonyl (C=O) groups is 2. The molecule has 0 spiro atoms. The van der Waals surface area contributed by atoms with Crippen LogP contribution in [-0.4, -0.2) is 45.2 Å². The molecular formula is C20H25N5O4S. The van der Waals surface area contributed by atoms with Gasteiger partial charge in [-0.3, -0.25) is 9.59 Å². The van der Waals surface area contributed by atoms with Crippen molar-refractivity contribution in [3.63, 3.8) is 0 Å². The summed E-state index contributed by atoms with van der Waals surface area (Å²) >= 11 is 1.34. The van der Waals surface area contributed by atoms with Crippen LogP contribution < -0.4 is 20.1 Å². The molecule has 1 aliphatic heterocycles. The molecule has 9 nitrogen and oxygen atoms in total. The molecule has 160 valence electrons. The van der Waals surface area contributed by atoms with E-state index in [9.17, 15) is 9.59 Å². The molecule has 0 atom stereocenters. The Balaban J connectivity index is 1.26. The minimum absolute atomic E-state index is 0.0209. The van der Waals surface area contributed by atoms with Gasteiger partial charge >= 0.3 is 0 Å². The maximum atomic E-state index is 12.4. The van der Waals surface area contributed by atoms with Crippen LogP contribution in [-0.2, 0) is 18.4 Å². The lowest BCUT2D eigenvalue weighted by Gasteiger charge is -2.22. The Morgan fingerprint density at radius 1 is 1.17 bits per heavy atom. The molecule has 1 aromatic carbocycles. The second kappa shape index (κ2) is 9.38. The Hall–Kier alpha value is -2.75. The van der Waals surface area contributed by atoms with Crippen molar-refractivity contribution >= 4 is 23.6 Å². The first kappa shape index (κ1) is 20.5. The Bertz CT molecular complexity index is 926. The summed E-state index contributed by atoms with van der Waals surface area (Å²) in [5.74, 6) is 1.89. The van der Waals surface area contributed by atoms with E-state index in [1.54, 1.807) is 22.8 Å². The predicted molar refractivity (Wildman–Crippen MR) is 110 cm³/mol. The van der Waals surface area contributed by atoms with Crippen LogP contribution in [0.3, 0.4) is 0 Å². The van der Waals surface area contributed by atoms with E-state index in [2.05, 4.69) is 20.8 Å². The van der Waals surface area contributed by atoms with Gasteiger partial charge in [0.25, 0.3) is 5.91 Å². The fourth-order valence-electron chi connectivity index (χ4n) is 3.57. The average Bonchev–Trinajstić information content (AvgIpc) is 3.37. The van der Waals surface area contributed by atoms with Gasteiger partial charge in [-0.1, -0.05) is 31.0 Å². The highest BCUT2D eigenvalue weighted by Crippen LogP contribution is 2.32. The van der Waals surface area contributed by atoms with Crippen molar-refractivity contribution in [2.75, 3.05) is 12.5 Å². The van der Waals surface area contributed by atoms with Gasteiger partial charge < -0.3 is 24.7 Å². The van der Waals surface area contributed by atoms with E-state index >= 15 is 0 Å². The summed E-state index contributed by atoms with van der Waals surface area (Å²) in [5.41, 5.74) is 0.482. The average molecular weight is 432 g/mol. The molecule has 1 aliphatic carbocycles. The minimum atomic E-state index is -0.239. The van der Waals surface area contributed by atoms with Crippen LogP contribution in [0.15, 0.2) is 23.4 Å². The van der Waals surface area contributed by atoms with Gasteiger partial charge in [-0.15, -0.1) is 10.2 Å². The van der Waals surface area contributed by atoms with Gasteiger partial charge in [-0.05, 0) is 31.0 Å². The van der Waals surface area contributed by atoms with Gasteiger partial charge in [-0.25, -0.2) is 0 Å². The summed E-state index contributed by atoms with van der Waals surface area (Å²) < 4.78 is 12.4. The minimum Gasteiger partial charge on any atom is -0.454 e. The first-order valence-corrected chi connectivity index (χ1v) is 11.1. The smallest absolute Gasteiger partial charge is 0.251 e. The molecule has 2 amide bonds. The zero-order chi connectivity index (χ0) is 20.9. The van der Waals surface area contributed by atoms with Crippen molar-refractivity contribution < 1.29 is 19.1 Å². The number of carbonyl (C=O) groups excluding carboxylic acids is 2. The van der Waals surface area contributed by atoms with Crippen molar-refractivity contribution in [1.82, 2.24) is 25.4 Å². The summed E-state index contributed by atoms with van der Waals surface area (Å²) in [6, 6.07) is 5.35. The van der Waals surface area contributed by atoms with Gasteiger partial charge in [0.15, 0.2) is 22.5 Å². The molecule has 10 heteroatoms. The van der Waals surface area contributed by atoms with Gasteiger partial charge in [0, 0.05) is 18.7 Å². The van der Waals surface area contributed by atoms with Crippen LogP contribution in [0.5, 0.6) is 11.5 Å². The van der Waals surface area contributed by atoms with Crippen molar-refractivity contribution in [2.24, 2.45) is 7.05 Å². The number of aromatic nitrogens is 3. The van der Waals surface area contributed by atoms with Gasteiger partial charge in [0.05, 0.1) is 12.3 Å². The zero-order valence-corrected chi connectivity index (χ0v) is 17.7. The van der Waals surface area contributed by atoms with E-state index in [4.69, 9.17) is 9.47 Å². The number of benzene rings is 1. The third-order valence-electron chi connectivity index (χ3n) is 5.27. The number of nitrogens with one attached hydrogen (secondary N) is 2. The monoisotopic (exact) mass is 431 g/mol. The molecule has 0 saturated heterocycles. The van der Waals surface area contributed by atoms with Crippen LogP contribution in [0.25, 0.3) is 0 Å². The third-order valence-corrected chi connectivity index (χ3v) is 6.29. The third kappa shape index (κ3) is 4.86. The highest BCUT2D eigenvalue weighted by Gasteiger charge is 2.19. The number of hydrogen-bond donors (Lipinski definition) is 2. The molecule has 2 heterocycles. The molecule has 2 aliphatic rings. The van der Waals surface area contributed by atoms with Crippen molar-refractivity contribution in [3.05, 3.63) is 29.6 Å². The van der Waals surface area contributed by atoms with E-state index in [-0.39, 0.29) is 25.2 Å². The van der Waals surface area contributed by atoms with Crippen molar-refractivity contribution in [2.45, 2.75) is 49.8 Å². The lowest BCUT2D eigenvalue weighted by molar-refractivity contribution is -0.119. The van der Waals surface area contributed by atoms with Gasteiger partial charge in [0.1, 0.15) is 0 Å². The van der Waals surface area contributed by atoms with Crippen LogP contribution >= 0.6 is 11.8 Å². The first-order chi connectivity index (χ1) is 14.6. The number of hydrogen-bond acceptors (Lipinski definition) is 7. The molecule has 0 radical (unpaired) electrons. The number of rotatable bonds is 7. The molecule has 1 fully saturated rings. The number of ether oxygens (including phenoxy) is 2. The summed E-state index contributed by atoms with van der Waals surface area (Å²) in [7, 11) is 1.82. The lowest BCUT2D eigenvalue weighted by atomic mass is 9.95.